The lowest BCUT2D eigenvalue weighted by atomic mass is 9.65. The van der Waals surface area contributed by atoms with Crippen molar-refractivity contribution in [3.05, 3.63) is 94.5 Å². The summed E-state index contributed by atoms with van der Waals surface area (Å²) in [5.41, 5.74) is 8.64. The summed E-state index contributed by atoms with van der Waals surface area (Å²) in [6, 6.07) is 24.5. The number of aryl methyl sites for hydroxylation is 2. The average molecular weight is 425 g/mol. The van der Waals surface area contributed by atoms with Crippen LogP contribution < -0.4 is 0 Å². The van der Waals surface area contributed by atoms with Crippen molar-refractivity contribution in [2.75, 3.05) is 0 Å². The maximum atomic E-state index is 13.4. The van der Waals surface area contributed by atoms with Crippen molar-refractivity contribution in [1.82, 2.24) is 0 Å². The standard InChI is InChI=1S/C31H36O/c1-6-29(32)30(25-17-15-24(16-18-25)23-13-14-23)31(5,7-2)28-10-8-9-26(20-28)27-12-11-21(3)22(4)19-27/h8-12,15-20,23,30H,6-7,13-14H2,1-5H3. The normalized spacial score (nSPS) is 16.4. The molecule has 2 unspecified atom stereocenters. The predicted molar refractivity (Wildman–Crippen MR) is 135 cm³/mol. The summed E-state index contributed by atoms with van der Waals surface area (Å²) in [7, 11) is 0. The van der Waals surface area contributed by atoms with Crippen LogP contribution in [0.4, 0.5) is 0 Å². The molecule has 0 amide bonds. The van der Waals surface area contributed by atoms with Gasteiger partial charge in [0, 0.05) is 11.8 Å². The molecule has 1 aliphatic rings. The van der Waals surface area contributed by atoms with Crippen molar-refractivity contribution < 1.29 is 4.79 Å². The highest BCUT2D eigenvalue weighted by atomic mass is 16.1. The van der Waals surface area contributed by atoms with E-state index in [4.69, 9.17) is 0 Å². The van der Waals surface area contributed by atoms with Crippen LogP contribution in [-0.4, -0.2) is 5.78 Å². The minimum atomic E-state index is -0.260. The topological polar surface area (TPSA) is 17.1 Å². The molecular weight excluding hydrogens is 388 g/mol. The second-order valence-corrected chi connectivity index (χ2v) is 9.84. The van der Waals surface area contributed by atoms with E-state index in [1.165, 1.54) is 46.2 Å². The predicted octanol–water partition coefficient (Wildman–Crippen LogP) is 8.28. The van der Waals surface area contributed by atoms with Gasteiger partial charge in [-0.3, -0.25) is 4.79 Å². The Hall–Kier alpha value is -2.67. The van der Waals surface area contributed by atoms with Gasteiger partial charge in [0.2, 0.25) is 0 Å². The van der Waals surface area contributed by atoms with Crippen molar-refractivity contribution in [1.29, 1.82) is 0 Å². The Morgan fingerprint density at radius 2 is 1.59 bits per heavy atom. The molecule has 2 atom stereocenters. The highest BCUT2D eigenvalue weighted by Gasteiger charge is 2.39. The average Bonchev–Trinajstić information content (AvgIpc) is 3.67. The van der Waals surface area contributed by atoms with E-state index >= 15 is 0 Å². The first-order chi connectivity index (χ1) is 15.4. The van der Waals surface area contributed by atoms with Gasteiger partial charge in [0.25, 0.3) is 0 Å². The van der Waals surface area contributed by atoms with Gasteiger partial charge in [0.1, 0.15) is 5.78 Å². The van der Waals surface area contributed by atoms with Gasteiger partial charge in [-0.25, -0.2) is 0 Å². The van der Waals surface area contributed by atoms with Crippen LogP contribution in [0, 0.1) is 13.8 Å². The smallest absolute Gasteiger partial charge is 0.140 e. The van der Waals surface area contributed by atoms with Gasteiger partial charge in [-0.2, -0.15) is 0 Å². The van der Waals surface area contributed by atoms with Crippen LogP contribution in [0.5, 0.6) is 0 Å². The fourth-order valence-corrected chi connectivity index (χ4v) is 5.04. The first-order valence-corrected chi connectivity index (χ1v) is 12.2. The second-order valence-electron chi connectivity index (χ2n) is 9.84. The van der Waals surface area contributed by atoms with Crippen LogP contribution in [0.15, 0.2) is 66.7 Å². The van der Waals surface area contributed by atoms with Crippen LogP contribution in [-0.2, 0) is 10.2 Å². The van der Waals surface area contributed by atoms with E-state index in [0.717, 1.165) is 17.9 Å². The molecule has 0 aromatic heterocycles. The Morgan fingerprint density at radius 3 is 2.19 bits per heavy atom. The Kier molecular flexibility index (Phi) is 6.38. The molecule has 4 rings (SSSR count). The molecule has 3 aromatic carbocycles. The summed E-state index contributed by atoms with van der Waals surface area (Å²) >= 11 is 0. The molecule has 1 fully saturated rings. The van der Waals surface area contributed by atoms with Crippen molar-refractivity contribution in [2.24, 2.45) is 0 Å². The molecule has 0 radical (unpaired) electrons. The van der Waals surface area contributed by atoms with Gasteiger partial charge < -0.3 is 0 Å². The molecule has 1 aliphatic carbocycles. The molecule has 0 aliphatic heterocycles. The molecule has 0 heterocycles. The number of hydrogen-bond acceptors (Lipinski definition) is 1. The molecule has 3 aromatic rings. The monoisotopic (exact) mass is 424 g/mol. The van der Waals surface area contributed by atoms with E-state index in [-0.39, 0.29) is 11.3 Å². The zero-order chi connectivity index (χ0) is 22.9. The fraction of sp³-hybridized carbons (Fsp3) is 0.387. The summed E-state index contributed by atoms with van der Waals surface area (Å²) in [6.45, 7) is 10.8. The third-order valence-corrected chi connectivity index (χ3v) is 7.72. The molecule has 1 saturated carbocycles. The number of carbonyl (C=O) groups excluding carboxylic acids is 1. The number of benzene rings is 3. The number of carbonyl (C=O) groups is 1. The molecule has 0 bridgehead atoms. The lowest BCUT2D eigenvalue weighted by Crippen LogP contribution is -2.35. The van der Waals surface area contributed by atoms with Gasteiger partial charge in [0.05, 0.1) is 5.92 Å². The number of rotatable bonds is 8. The van der Waals surface area contributed by atoms with E-state index in [0.29, 0.717) is 12.2 Å². The molecule has 0 N–H and O–H groups in total. The van der Waals surface area contributed by atoms with E-state index in [2.05, 4.69) is 94.4 Å². The lowest BCUT2D eigenvalue weighted by Gasteiger charge is -2.37. The van der Waals surface area contributed by atoms with Gasteiger partial charge in [-0.05, 0) is 78.0 Å². The minimum Gasteiger partial charge on any atom is -0.299 e. The molecule has 32 heavy (non-hydrogen) atoms. The fourth-order valence-electron chi connectivity index (χ4n) is 5.04. The van der Waals surface area contributed by atoms with Crippen LogP contribution in [0.2, 0.25) is 0 Å². The Morgan fingerprint density at radius 1 is 0.906 bits per heavy atom. The third-order valence-electron chi connectivity index (χ3n) is 7.72. The minimum absolute atomic E-state index is 0.138. The van der Waals surface area contributed by atoms with Crippen LogP contribution in [0.3, 0.4) is 0 Å². The SMILES string of the molecule is CCC(=O)C(c1ccc(C2CC2)cc1)C(C)(CC)c1cccc(-c2ccc(C)c(C)c2)c1. The van der Waals surface area contributed by atoms with Crippen molar-refractivity contribution >= 4 is 5.78 Å². The van der Waals surface area contributed by atoms with Gasteiger partial charge in [0.15, 0.2) is 0 Å². The summed E-state index contributed by atoms with van der Waals surface area (Å²) in [5.74, 6) is 0.919. The lowest BCUT2D eigenvalue weighted by molar-refractivity contribution is -0.121. The first-order valence-electron chi connectivity index (χ1n) is 12.2. The van der Waals surface area contributed by atoms with E-state index in [1.807, 2.05) is 6.92 Å². The molecule has 1 heteroatoms. The number of Topliss-reactive ketones (excluding diaryl/α,β-unsaturated/α-hetero) is 1. The van der Waals surface area contributed by atoms with E-state index in [1.54, 1.807) is 0 Å². The highest BCUT2D eigenvalue weighted by molar-refractivity contribution is 5.87. The van der Waals surface area contributed by atoms with Gasteiger partial charge >= 0.3 is 0 Å². The summed E-state index contributed by atoms with van der Waals surface area (Å²) < 4.78 is 0. The van der Waals surface area contributed by atoms with E-state index < -0.39 is 0 Å². The molecule has 0 spiro atoms. The molecular formula is C31H36O. The quantitative estimate of drug-likeness (QED) is 0.355. The van der Waals surface area contributed by atoms with Gasteiger partial charge in [-0.1, -0.05) is 87.5 Å². The van der Waals surface area contributed by atoms with Crippen molar-refractivity contribution in [2.45, 2.75) is 77.6 Å². The maximum absolute atomic E-state index is 13.4. The summed E-state index contributed by atoms with van der Waals surface area (Å²) in [5, 5.41) is 0. The van der Waals surface area contributed by atoms with Crippen molar-refractivity contribution in [3.63, 3.8) is 0 Å². The van der Waals surface area contributed by atoms with Gasteiger partial charge in [-0.15, -0.1) is 0 Å². The van der Waals surface area contributed by atoms with E-state index in [9.17, 15) is 4.79 Å². The third kappa shape index (κ3) is 4.31. The van der Waals surface area contributed by atoms with Crippen LogP contribution >= 0.6 is 0 Å². The molecule has 1 nitrogen and oxygen atoms in total. The summed E-state index contributed by atoms with van der Waals surface area (Å²) in [4.78, 5) is 13.4. The molecule has 166 valence electrons. The number of hydrogen-bond donors (Lipinski definition) is 0. The first kappa shape index (κ1) is 22.5. The highest BCUT2D eigenvalue weighted by Crippen LogP contribution is 2.45. The summed E-state index contributed by atoms with van der Waals surface area (Å²) in [6.07, 6.45) is 4.06. The number of ketones is 1. The van der Waals surface area contributed by atoms with Crippen LogP contribution in [0.1, 0.15) is 86.1 Å². The Bertz CT molecular complexity index is 1100. The van der Waals surface area contributed by atoms with Crippen LogP contribution in [0.25, 0.3) is 11.1 Å². The Balaban J connectivity index is 1.76. The van der Waals surface area contributed by atoms with Crippen molar-refractivity contribution in [3.8, 4) is 11.1 Å². The largest absolute Gasteiger partial charge is 0.299 e. The zero-order valence-corrected chi connectivity index (χ0v) is 20.2. The molecule has 0 saturated heterocycles. The Labute approximate surface area is 193 Å². The maximum Gasteiger partial charge on any atom is 0.140 e. The second kappa shape index (κ2) is 9.06. The zero-order valence-electron chi connectivity index (χ0n) is 20.2.